The Kier molecular flexibility index (Phi) is 55.3. The molecule has 0 N–H and O–H groups in total. The lowest BCUT2D eigenvalue weighted by Gasteiger charge is -2.18. The van der Waals surface area contributed by atoms with E-state index in [0.29, 0.717) is 19.3 Å². The molecule has 6 nitrogen and oxygen atoms in total. The maximum Gasteiger partial charge on any atom is 0.306 e. The normalized spacial score (nSPS) is 12.4. The summed E-state index contributed by atoms with van der Waals surface area (Å²) in [5, 5.41) is 0. The van der Waals surface area contributed by atoms with Crippen LogP contribution in [-0.4, -0.2) is 37.2 Å². The molecule has 0 heterocycles. The van der Waals surface area contributed by atoms with Gasteiger partial charge in [-0.25, -0.2) is 0 Å². The molecule has 1 atom stereocenters. The van der Waals surface area contributed by atoms with E-state index in [1.165, 1.54) is 167 Å². The molecule has 0 spiro atoms. The van der Waals surface area contributed by atoms with Crippen LogP contribution in [0, 0.1) is 0 Å². The van der Waals surface area contributed by atoms with E-state index >= 15 is 0 Å². The zero-order valence-electron chi connectivity index (χ0n) is 45.8. The van der Waals surface area contributed by atoms with Crippen molar-refractivity contribution in [1.29, 1.82) is 0 Å². The summed E-state index contributed by atoms with van der Waals surface area (Å²) >= 11 is 0. The van der Waals surface area contributed by atoms with Crippen LogP contribution in [0.4, 0.5) is 0 Å². The Morgan fingerprint density at radius 2 is 0.565 bits per heavy atom. The molecule has 0 rings (SSSR count). The first-order chi connectivity index (χ1) is 34.0. The zero-order chi connectivity index (χ0) is 50.0. The first kappa shape index (κ1) is 66.1. The number of unbranched alkanes of at least 4 members (excludes halogenated alkanes) is 33. The van der Waals surface area contributed by atoms with E-state index in [9.17, 15) is 14.4 Å². The van der Waals surface area contributed by atoms with Gasteiger partial charge in [0.2, 0.25) is 0 Å². The first-order valence-corrected chi connectivity index (χ1v) is 29.8. The number of rotatable bonds is 54. The van der Waals surface area contributed by atoms with Crippen molar-refractivity contribution >= 4 is 17.9 Å². The van der Waals surface area contributed by atoms with Gasteiger partial charge >= 0.3 is 17.9 Å². The summed E-state index contributed by atoms with van der Waals surface area (Å²) in [6.07, 6.45) is 72.1. The molecular formula is C63H112O6. The monoisotopic (exact) mass is 965 g/mol. The summed E-state index contributed by atoms with van der Waals surface area (Å²) in [5.41, 5.74) is 0. The van der Waals surface area contributed by atoms with Crippen LogP contribution in [0.25, 0.3) is 0 Å². The number of allylic oxidation sites excluding steroid dienone is 10. The molecule has 0 aliphatic rings. The van der Waals surface area contributed by atoms with Gasteiger partial charge in [0.15, 0.2) is 6.10 Å². The molecule has 0 fully saturated rings. The van der Waals surface area contributed by atoms with E-state index in [1.807, 2.05) is 0 Å². The lowest BCUT2D eigenvalue weighted by atomic mass is 10.0. The topological polar surface area (TPSA) is 78.9 Å². The Bertz CT molecular complexity index is 1250. The molecule has 0 aliphatic carbocycles. The first-order valence-electron chi connectivity index (χ1n) is 29.8. The van der Waals surface area contributed by atoms with Gasteiger partial charge in [0.1, 0.15) is 13.2 Å². The van der Waals surface area contributed by atoms with Crippen molar-refractivity contribution in [2.45, 2.75) is 309 Å². The van der Waals surface area contributed by atoms with Crippen LogP contribution in [0.2, 0.25) is 0 Å². The van der Waals surface area contributed by atoms with Gasteiger partial charge in [0.05, 0.1) is 0 Å². The molecular weight excluding hydrogens is 853 g/mol. The lowest BCUT2D eigenvalue weighted by molar-refractivity contribution is -0.167. The predicted octanol–water partition coefficient (Wildman–Crippen LogP) is 20.0. The highest BCUT2D eigenvalue weighted by Crippen LogP contribution is 2.17. The number of hydrogen-bond acceptors (Lipinski definition) is 6. The van der Waals surface area contributed by atoms with Gasteiger partial charge in [0, 0.05) is 19.3 Å². The Morgan fingerprint density at radius 3 is 0.884 bits per heavy atom. The van der Waals surface area contributed by atoms with E-state index in [2.05, 4.69) is 81.5 Å². The van der Waals surface area contributed by atoms with Gasteiger partial charge in [-0.3, -0.25) is 14.4 Å². The standard InChI is InChI=1S/C63H112O6/c1-4-7-10-13-16-19-22-25-28-30-32-34-35-38-41-44-47-50-53-56-62(65)68-59-60(58-67-61(64)55-52-49-46-43-40-37-27-24-21-18-15-12-9-6-3)69-63(66)57-54-51-48-45-42-39-36-33-31-29-26-23-20-17-14-11-8-5-2/h7,10,16,19,25,28,32,34,38,41,60H,4-6,8-9,11-15,17-18,20-24,26-27,29-31,33,35-37,39-40,42-59H2,1-3H3/b10-7-,19-16-,28-25-,34-32-,41-38-. The van der Waals surface area contributed by atoms with E-state index < -0.39 is 6.10 Å². The van der Waals surface area contributed by atoms with Crippen LogP contribution in [0.3, 0.4) is 0 Å². The molecule has 400 valence electrons. The minimum absolute atomic E-state index is 0.0805. The number of carbonyl (C=O) groups is 3. The summed E-state index contributed by atoms with van der Waals surface area (Å²) in [6, 6.07) is 0. The second kappa shape index (κ2) is 57.7. The van der Waals surface area contributed by atoms with Crippen molar-refractivity contribution in [3.8, 4) is 0 Å². The molecule has 0 aromatic carbocycles. The summed E-state index contributed by atoms with van der Waals surface area (Å²) < 4.78 is 16.9. The fraction of sp³-hybridized carbons (Fsp3) is 0.794. The Balaban J connectivity index is 4.40. The molecule has 0 aromatic rings. The third kappa shape index (κ3) is 55.9. The van der Waals surface area contributed by atoms with Gasteiger partial charge in [-0.1, -0.05) is 281 Å². The Hall–Kier alpha value is -2.89. The highest BCUT2D eigenvalue weighted by molar-refractivity contribution is 5.71. The maximum atomic E-state index is 12.9. The molecule has 0 aromatic heterocycles. The maximum absolute atomic E-state index is 12.9. The van der Waals surface area contributed by atoms with Crippen molar-refractivity contribution < 1.29 is 28.6 Å². The lowest BCUT2D eigenvalue weighted by Crippen LogP contribution is -2.30. The van der Waals surface area contributed by atoms with E-state index in [1.54, 1.807) is 0 Å². The molecule has 1 unspecified atom stereocenters. The fourth-order valence-corrected chi connectivity index (χ4v) is 8.59. The van der Waals surface area contributed by atoms with Gasteiger partial charge in [-0.2, -0.15) is 0 Å². The summed E-state index contributed by atoms with van der Waals surface area (Å²) in [7, 11) is 0. The minimum atomic E-state index is -0.785. The fourth-order valence-electron chi connectivity index (χ4n) is 8.59. The van der Waals surface area contributed by atoms with Crippen LogP contribution in [0.5, 0.6) is 0 Å². The van der Waals surface area contributed by atoms with Crippen molar-refractivity contribution in [2.75, 3.05) is 13.2 Å². The van der Waals surface area contributed by atoms with Crippen LogP contribution < -0.4 is 0 Å². The second-order valence-electron chi connectivity index (χ2n) is 19.9. The predicted molar refractivity (Wildman–Crippen MR) is 298 cm³/mol. The molecule has 0 saturated heterocycles. The zero-order valence-corrected chi connectivity index (χ0v) is 45.8. The van der Waals surface area contributed by atoms with Crippen molar-refractivity contribution in [1.82, 2.24) is 0 Å². The van der Waals surface area contributed by atoms with Crippen molar-refractivity contribution in [3.05, 3.63) is 60.8 Å². The quantitative estimate of drug-likeness (QED) is 0.0262. The highest BCUT2D eigenvalue weighted by Gasteiger charge is 2.19. The third-order valence-electron chi connectivity index (χ3n) is 13.0. The Labute approximate surface area is 428 Å². The molecule has 0 aliphatic heterocycles. The van der Waals surface area contributed by atoms with Crippen LogP contribution in [0.1, 0.15) is 303 Å². The van der Waals surface area contributed by atoms with E-state index in [-0.39, 0.29) is 31.1 Å². The second-order valence-corrected chi connectivity index (χ2v) is 19.9. The SMILES string of the molecule is CC/C=C\C/C=C\C/C=C\C/C=C\C/C=C\CCCCCC(=O)OCC(COC(=O)CCCCCCCCCCCCCCCC)OC(=O)CCCCCCCCCCCCCCCCCCCC. The molecule has 0 radical (unpaired) electrons. The summed E-state index contributed by atoms with van der Waals surface area (Å²) in [5.74, 6) is -0.897. The van der Waals surface area contributed by atoms with Crippen molar-refractivity contribution in [2.24, 2.45) is 0 Å². The summed E-state index contributed by atoms with van der Waals surface area (Å²) in [6.45, 7) is 6.54. The number of ether oxygens (including phenoxy) is 3. The smallest absolute Gasteiger partial charge is 0.306 e. The minimum Gasteiger partial charge on any atom is -0.462 e. The highest BCUT2D eigenvalue weighted by atomic mass is 16.6. The van der Waals surface area contributed by atoms with Gasteiger partial charge in [-0.05, 0) is 64.2 Å². The van der Waals surface area contributed by atoms with E-state index in [4.69, 9.17) is 14.2 Å². The van der Waals surface area contributed by atoms with Gasteiger partial charge < -0.3 is 14.2 Å². The molecule has 0 saturated carbocycles. The molecule has 0 amide bonds. The van der Waals surface area contributed by atoms with E-state index in [0.717, 1.165) is 96.3 Å². The van der Waals surface area contributed by atoms with Gasteiger partial charge in [0.25, 0.3) is 0 Å². The van der Waals surface area contributed by atoms with Gasteiger partial charge in [-0.15, -0.1) is 0 Å². The third-order valence-corrected chi connectivity index (χ3v) is 13.0. The average Bonchev–Trinajstić information content (AvgIpc) is 3.35. The summed E-state index contributed by atoms with van der Waals surface area (Å²) in [4.78, 5) is 38.2. The average molecular weight is 966 g/mol. The number of carbonyl (C=O) groups excluding carboxylic acids is 3. The largest absolute Gasteiger partial charge is 0.462 e. The number of esters is 3. The molecule has 6 heteroatoms. The van der Waals surface area contributed by atoms with Crippen molar-refractivity contribution in [3.63, 3.8) is 0 Å². The number of hydrogen-bond donors (Lipinski definition) is 0. The van der Waals surface area contributed by atoms with Crippen LogP contribution >= 0.6 is 0 Å². The Morgan fingerprint density at radius 1 is 0.304 bits per heavy atom. The van der Waals surface area contributed by atoms with Crippen LogP contribution in [0.15, 0.2) is 60.8 Å². The molecule has 0 bridgehead atoms. The van der Waals surface area contributed by atoms with Crippen LogP contribution in [-0.2, 0) is 28.6 Å². The molecule has 69 heavy (non-hydrogen) atoms.